The molecule has 15 heavy (non-hydrogen) atoms. The fourth-order valence-electron chi connectivity index (χ4n) is 0.304. The predicted molar refractivity (Wildman–Crippen MR) is 59.3 cm³/mol. The van der Waals surface area contributed by atoms with Crippen molar-refractivity contribution in [2.24, 2.45) is 0 Å². The standard InChI is InChI=1S/C6H6.2CH3O2P.Mg/c1-2-4-6-5-3-1;2*1-4(2)3;/h1-6H;2*1H3;/q;;;+2/i1D,6D;;;. The zero-order chi connectivity index (χ0) is 13.1. The molecule has 0 aliphatic carbocycles. The van der Waals surface area contributed by atoms with Crippen molar-refractivity contribution in [2.45, 2.75) is 0 Å². The fourth-order valence-corrected chi connectivity index (χ4v) is 0.304. The Kier molecular flexibility index (Phi) is 16.6. The molecule has 1 aromatic carbocycles. The average molecular weight is 260 g/mol. The van der Waals surface area contributed by atoms with E-state index in [0.29, 0.717) is 12.1 Å². The normalized spacial score (nSPS) is 10.9. The summed E-state index contributed by atoms with van der Waals surface area (Å²) in [5.74, 6) is 0. The smallest absolute Gasteiger partial charge is 0.596 e. The molecular formula is C8H12MgO4P2+2. The van der Waals surface area contributed by atoms with Crippen LogP contribution in [0.1, 0.15) is 2.74 Å². The Bertz CT molecular complexity index is 294. The molecule has 2 unspecified atom stereocenters. The summed E-state index contributed by atoms with van der Waals surface area (Å²) >= 11 is 0. The molecule has 0 bridgehead atoms. The fraction of sp³-hybridized carbons (Fsp3) is 0.250. The minimum Gasteiger partial charge on any atom is -0.596 e. The van der Waals surface area contributed by atoms with Gasteiger partial charge in [-0.2, -0.15) is 0 Å². The summed E-state index contributed by atoms with van der Waals surface area (Å²) in [4.78, 5) is 18.1. The molecule has 0 aromatic heterocycles. The Morgan fingerprint density at radius 1 is 0.933 bits per heavy atom. The molecule has 2 atom stereocenters. The van der Waals surface area contributed by atoms with Gasteiger partial charge in [-0.3, -0.25) is 0 Å². The number of hydrogen-bond donors (Lipinski definition) is 0. The van der Waals surface area contributed by atoms with Crippen LogP contribution in [-0.4, -0.2) is 36.4 Å². The molecule has 7 heteroatoms. The molecule has 0 heterocycles. The number of rotatable bonds is 0. The van der Waals surface area contributed by atoms with Crippen molar-refractivity contribution < 1.29 is 21.7 Å². The first kappa shape index (κ1) is 15.1. The van der Waals surface area contributed by atoms with E-state index in [2.05, 4.69) is 0 Å². The van der Waals surface area contributed by atoms with Crippen LogP contribution in [0.5, 0.6) is 0 Å². The van der Waals surface area contributed by atoms with Crippen molar-refractivity contribution in [3.63, 3.8) is 0 Å². The first-order valence-corrected chi connectivity index (χ1v) is 6.70. The SMILES string of the molecule is C[P+](=O)[O-].C[P+](=O)[O-].[2H]c1ccc([2H])cc1.[Mg+2]. The van der Waals surface area contributed by atoms with E-state index in [9.17, 15) is 0 Å². The summed E-state index contributed by atoms with van der Waals surface area (Å²) in [6.45, 7) is 2.24. The average Bonchev–Trinajstić information content (AvgIpc) is 2.08. The van der Waals surface area contributed by atoms with Crippen LogP contribution < -0.4 is 9.79 Å². The molecule has 0 spiro atoms. The quantitative estimate of drug-likeness (QED) is 0.509. The van der Waals surface area contributed by atoms with Crippen LogP contribution in [0.15, 0.2) is 36.4 Å². The molecule has 0 radical (unpaired) electrons. The Morgan fingerprint density at radius 3 is 1.20 bits per heavy atom. The van der Waals surface area contributed by atoms with Gasteiger partial charge in [0.05, 0.1) is 2.74 Å². The molecule has 0 saturated carbocycles. The Morgan fingerprint density at radius 2 is 1.07 bits per heavy atom. The van der Waals surface area contributed by atoms with Gasteiger partial charge in [0, 0.05) is 0 Å². The van der Waals surface area contributed by atoms with Crippen LogP contribution in [0.4, 0.5) is 0 Å². The van der Waals surface area contributed by atoms with Crippen LogP contribution in [0.2, 0.25) is 0 Å². The van der Waals surface area contributed by atoms with Gasteiger partial charge in [-0.25, -0.2) is 0 Å². The van der Waals surface area contributed by atoms with Gasteiger partial charge in [0.25, 0.3) is 0 Å². The van der Waals surface area contributed by atoms with E-state index in [4.69, 9.17) is 21.7 Å². The number of benzene rings is 1. The van der Waals surface area contributed by atoms with Crippen molar-refractivity contribution in [3.8, 4) is 0 Å². The summed E-state index contributed by atoms with van der Waals surface area (Å²) < 4.78 is 32.1. The van der Waals surface area contributed by atoms with E-state index < -0.39 is 16.1 Å². The summed E-state index contributed by atoms with van der Waals surface area (Å²) in [6, 6.07) is 7.32. The van der Waals surface area contributed by atoms with Crippen LogP contribution >= 0.6 is 16.1 Å². The van der Waals surface area contributed by atoms with Crippen molar-refractivity contribution >= 4 is 39.1 Å². The Balaban J connectivity index is -0.000000189. The number of hydrogen-bond acceptors (Lipinski definition) is 4. The maximum absolute atomic E-state index is 9.04. The monoisotopic (exact) mass is 260 g/mol. The van der Waals surface area contributed by atoms with Gasteiger partial charge in [-0.05, 0) is 0 Å². The molecular weight excluding hydrogens is 246 g/mol. The summed E-state index contributed by atoms with van der Waals surface area (Å²) in [7, 11) is -4.24. The van der Waals surface area contributed by atoms with Crippen molar-refractivity contribution in [1.82, 2.24) is 0 Å². The van der Waals surface area contributed by atoms with E-state index in [-0.39, 0.29) is 23.1 Å². The maximum atomic E-state index is 9.04. The molecule has 0 N–H and O–H groups in total. The second-order valence-electron chi connectivity index (χ2n) is 1.88. The molecule has 0 amide bonds. The zero-order valence-corrected chi connectivity index (χ0v) is 11.7. The van der Waals surface area contributed by atoms with Gasteiger partial charge < -0.3 is 9.79 Å². The van der Waals surface area contributed by atoms with E-state index in [0.717, 1.165) is 13.3 Å². The second-order valence-corrected chi connectivity index (χ2v) is 3.64. The second kappa shape index (κ2) is 16.5. The van der Waals surface area contributed by atoms with E-state index in [1.165, 1.54) is 0 Å². The van der Waals surface area contributed by atoms with Gasteiger partial charge >= 0.3 is 39.1 Å². The van der Waals surface area contributed by atoms with Gasteiger partial charge in [-0.1, -0.05) is 45.5 Å². The zero-order valence-electron chi connectivity index (χ0n) is 10.5. The van der Waals surface area contributed by atoms with Crippen LogP contribution in [-0.2, 0) is 9.13 Å². The van der Waals surface area contributed by atoms with Crippen molar-refractivity contribution in [3.05, 3.63) is 36.4 Å². The van der Waals surface area contributed by atoms with Gasteiger partial charge in [-0.15, -0.1) is 0 Å². The molecule has 0 fully saturated rings. The largest absolute Gasteiger partial charge is 2.00 e. The minimum atomic E-state index is -2.12. The van der Waals surface area contributed by atoms with Crippen LogP contribution in [0.25, 0.3) is 0 Å². The summed E-state index contributed by atoms with van der Waals surface area (Å²) in [5, 5.41) is 0. The van der Waals surface area contributed by atoms with E-state index >= 15 is 0 Å². The van der Waals surface area contributed by atoms with Crippen molar-refractivity contribution in [2.75, 3.05) is 13.3 Å². The minimum absolute atomic E-state index is 0. The Labute approximate surface area is 110 Å². The third-order valence-electron chi connectivity index (χ3n) is 0.552. The van der Waals surface area contributed by atoms with Crippen molar-refractivity contribution in [1.29, 1.82) is 0 Å². The maximum Gasteiger partial charge on any atom is 2.00 e. The molecule has 4 nitrogen and oxygen atoms in total. The van der Waals surface area contributed by atoms with Gasteiger partial charge in [0.15, 0.2) is 0 Å². The topological polar surface area (TPSA) is 80.3 Å². The molecule has 0 aliphatic heterocycles. The third-order valence-corrected chi connectivity index (χ3v) is 0.552. The van der Waals surface area contributed by atoms with E-state index in [1.54, 1.807) is 24.3 Å². The molecule has 0 saturated heterocycles. The molecule has 0 aliphatic rings. The third kappa shape index (κ3) is 55.4. The molecule has 1 aromatic rings. The van der Waals surface area contributed by atoms with Crippen LogP contribution in [0, 0.1) is 0 Å². The molecule has 1 rings (SSSR count). The predicted octanol–water partition coefficient (Wildman–Crippen LogP) is 0.744. The first-order chi connectivity index (χ1) is 7.25. The van der Waals surface area contributed by atoms with Gasteiger partial charge in [0.2, 0.25) is 0 Å². The van der Waals surface area contributed by atoms with Gasteiger partial charge in [0.1, 0.15) is 13.3 Å². The first-order valence-electron chi connectivity index (χ1n) is 4.45. The van der Waals surface area contributed by atoms with Crippen LogP contribution in [0.3, 0.4) is 0 Å². The Hall–Kier alpha value is 0.106. The molecule has 78 valence electrons. The summed E-state index contributed by atoms with van der Waals surface area (Å²) in [5.41, 5.74) is 0. The summed E-state index contributed by atoms with van der Waals surface area (Å²) in [6.07, 6.45) is 0. The van der Waals surface area contributed by atoms with E-state index in [1.807, 2.05) is 0 Å².